The van der Waals surface area contributed by atoms with Crippen LogP contribution in [0.5, 0.6) is 0 Å². The van der Waals surface area contributed by atoms with Crippen LogP contribution in [0.3, 0.4) is 0 Å². The molecule has 0 fully saturated rings. The molecule has 0 aromatic carbocycles. The lowest BCUT2D eigenvalue weighted by Gasteiger charge is -2.15. The van der Waals surface area contributed by atoms with E-state index >= 15 is 0 Å². The Labute approximate surface area is 71.8 Å². The van der Waals surface area contributed by atoms with E-state index in [1.54, 1.807) is 0 Å². The quantitative estimate of drug-likeness (QED) is 0.467. The van der Waals surface area contributed by atoms with Crippen LogP contribution in [0.2, 0.25) is 0 Å². The molecule has 0 bridgehead atoms. The third-order valence-electron chi connectivity index (χ3n) is 1.29. The van der Waals surface area contributed by atoms with Crippen LogP contribution >= 0.6 is 0 Å². The summed E-state index contributed by atoms with van der Waals surface area (Å²) in [5.41, 5.74) is -2.51. The number of halogens is 7. The lowest BCUT2D eigenvalue weighted by molar-refractivity contribution is -0.338. The number of alkyl halides is 6. The van der Waals surface area contributed by atoms with Crippen molar-refractivity contribution in [3.8, 4) is 0 Å². The highest BCUT2D eigenvalue weighted by molar-refractivity contribution is 5.19. The van der Waals surface area contributed by atoms with E-state index < -0.39 is 30.0 Å². The second-order valence-electron chi connectivity index (χ2n) is 2.29. The number of hydrogen-bond acceptors (Lipinski definition) is 2. The minimum Gasteiger partial charge on any atom is -0.305 e. The molecule has 1 aliphatic rings. The Morgan fingerprint density at radius 1 is 1.00 bits per heavy atom. The Balaban J connectivity index is 3.05. The predicted octanol–water partition coefficient (Wildman–Crippen LogP) is 2.62. The van der Waals surface area contributed by atoms with Crippen LogP contribution in [0.15, 0.2) is 11.6 Å². The van der Waals surface area contributed by atoms with Crippen molar-refractivity contribution in [2.24, 2.45) is 0 Å². The first-order valence-electron chi connectivity index (χ1n) is 3.01. The molecule has 0 saturated carbocycles. The van der Waals surface area contributed by atoms with E-state index in [0.717, 1.165) is 0 Å². The third-order valence-corrected chi connectivity index (χ3v) is 1.29. The molecular weight excluding hydrogens is 225 g/mol. The van der Waals surface area contributed by atoms with Crippen molar-refractivity contribution in [2.75, 3.05) is 0 Å². The zero-order valence-electron chi connectivity index (χ0n) is 6.04. The van der Waals surface area contributed by atoms with Crippen molar-refractivity contribution in [1.29, 1.82) is 0 Å². The highest BCUT2D eigenvalue weighted by Gasteiger charge is 2.59. The van der Waals surface area contributed by atoms with Gasteiger partial charge in [0.25, 0.3) is 0 Å². The zero-order valence-corrected chi connectivity index (χ0v) is 6.04. The fourth-order valence-corrected chi connectivity index (χ4v) is 0.765. The average molecular weight is 226 g/mol. The minimum absolute atomic E-state index is 2.42. The van der Waals surface area contributed by atoms with Crippen LogP contribution in [0.25, 0.3) is 0 Å². The smallest absolute Gasteiger partial charge is 0.305 e. The van der Waals surface area contributed by atoms with Crippen molar-refractivity contribution < 1.29 is 40.5 Å². The highest BCUT2D eigenvalue weighted by Crippen LogP contribution is 2.43. The van der Waals surface area contributed by atoms with E-state index in [0.29, 0.717) is 0 Å². The van der Waals surface area contributed by atoms with Gasteiger partial charge in [0.05, 0.1) is 0 Å². The van der Waals surface area contributed by atoms with Crippen LogP contribution in [0, 0.1) is 0 Å². The molecule has 0 amide bonds. The SMILES string of the molecule is FC1=C(C(F)(F)F)C(C(F)(F)F)OO1. The first-order chi connectivity index (χ1) is 6.14. The van der Waals surface area contributed by atoms with Crippen molar-refractivity contribution in [3.63, 3.8) is 0 Å². The van der Waals surface area contributed by atoms with Gasteiger partial charge in [-0.05, 0) is 0 Å². The Morgan fingerprint density at radius 3 is 1.79 bits per heavy atom. The number of rotatable bonds is 0. The van der Waals surface area contributed by atoms with Crippen molar-refractivity contribution >= 4 is 0 Å². The standard InChI is InChI=1S/C5HF7O2/c6-3-1(4(7,8)9)2(13-14-3)5(10,11)12/h2H. The second kappa shape index (κ2) is 3.01. The normalized spacial score (nSPS) is 24.1. The molecule has 0 spiro atoms. The summed E-state index contributed by atoms with van der Waals surface area (Å²) in [6, 6.07) is -2.42. The largest absolute Gasteiger partial charge is 0.423 e. The van der Waals surface area contributed by atoms with Gasteiger partial charge in [0.15, 0.2) is 5.57 Å². The summed E-state index contributed by atoms with van der Waals surface area (Å²) in [6.45, 7) is 0. The molecule has 0 aromatic heterocycles. The topological polar surface area (TPSA) is 18.5 Å². The molecule has 1 aliphatic heterocycles. The van der Waals surface area contributed by atoms with Gasteiger partial charge in [0.1, 0.15) is 0 Å². The molecule has 9 heteroatoms. The average Bonchev–Trinajstić information content (AvgIpc) is 2.27. The van der Waals surface area contributed by atoms with E-state index in [9.17, 15) is 30.7 Å². The van der Waals surface area contributed by atoms with Crippen molar-refractivity contribution in [3.05, 3.63) is 11.6 Å². The molecule has 2 nitrogen and oxygen atoms in total. The van der Waals surface area contributed by atoms with Gasteiger partial charge in [-0.3, -0.25) is 0 Å². The van der Waals surface area contributed by atoms with Crippen LogP contribution < -0.4 is 0 Å². The van der Waals surface area contributed by atoms with Gasteiger partial charge >= 0.3 is 18.4 Å². The monoisotopic (exact) mass is 226 g/mol. The van der Waals surface area contributed by atoms with Gasteiger partial charge in [-0.1, -0.05) is 0 Å². The van der Waals surface area contributed by atoms with Gasteiger partial charge < -0.3 is 4.89 Å². The molecule has 82 valence electrons. The summed E-state index contributed by atoms with van der Waals surface area (Å²) < 4.78 is 83.1. The maximum Gasteiger partial charge on any atom is 0.423 e. The molecular formula is C5HF7O2. The second-order valence-corrected chi connectivity index (χ2v) is 2.29. The summed E-state index contributed by atoms with van der Waals surface area (Å²) >= 11 is 0. The highest BCUT2D eigenvalue weighted by atomic mass is 19.4. The summed E-state index contributed by atoms with van der Waals surface area (Å²) in [5.74, 6) is 0. The molecule has 0 aliphatic carbocycles. The van der Waals surface area contributed by atoms with Crippen LogP contribution in [-0.2, 0) is 9.78 Å². The maximum atomic E-state index is 12.2. The fourth-order valence-electron chi connectivity index (χ4n) is 0.765. The molecule has 14 heavy (non-hydrogen) atoms. The Kier molecular flexibility index (Phi) is 2.38. The fraction of sp³-hybridized carbons (Fsp3) is 0.600. The summed E-state index contributed by atoms with van der Waals surface area (Å²) in [7, 11) is 0. The Bertz CT molecular complexity index is 262. The van der Waals surface area contributed by atoms with Gasteiger partial charge in [-0.25, -0.2) is 0 Å². The Morgan fingerprint density at radius 2 is 1.50 bits per heavy atom. The lowest BCUT2D eigenvalue weighted by atomic mass is 10.1. The molecule has 1 atom stereocenters. The molecule has 0 radical (unpaired) electrons. The zero-order chi connectivity index (χ0) is 11.1. The van der Waals surface area contributed by atoms with Gasteiger partial charge in [-0.2, -0.15) is 35.6 Å². The van der Waals surface area contributed by atoms with Gasteiger partial charge in [-0.15, -0.1) is 0 Å². The Hall–Kier alpha value is -0.990. The van der Waals surface area contributed by atoms with Gasteiger partial charge in [0.2, 0.25) is 6.10 Å². The van der Waals surface area contributed by atoms with E-state index in [1.807, 2.05) is 0 Å². The lowest BCUT2D eigenvalue weighted by Crippen LogP contribution is -2.35. The van der Waals surface area contributed by atoms with Crippen LogP contribution in [-0.4, -0.2) is 18.5 Å². The van der Waals surface area contributed by atoms with E-state index in [-0.39, 0.29) is 0 Å². The third kappa shape index (κ3) is 1.91. The minimum atomic E-state index is -5.49. The molecule has 1 heterocycles. The molecule has 0 saturated heterocycles. The first kappa shape index (κ1) is 11.1. The van der Waals surface area contributed by atoms with E-state index in [2.05, 4.69) is 9.78 Å². The van der Waals surface area contributed by atoms with Crippen LogP contribution in [0.1, 0.15) is 0 Å². The number of hydrogen-bond donors (Lipinski definition) is 0. The van der Waals surface area contributed by atoms with E-state index in [1.165, 1.54) is 0 Å². The summed E-state index contributed by atoms with van der Waals surface area (Å²) in [5, 5.41) is 0. The van der Waals surface area contributed by atoms with Gasteiger partial charge in [0, 0.05) is 0 Å². The predicted molar refractivity (Wildman–Crippen MR) is 26.2 cm³/mol. The van der Waals surface area contributed by atoms with Crippen molar-refractivity contribution in [1.82, 2.24) is 0 Å². The van der Waals surface area contributed by atoms with Crippen molar-refractivity contribution in [2.45, 2.75) is 18.5 Å². The summed E-state index contributed by atoms with van der Waals surface area (Å²) in [6.07, 6.45) is -14.3. The van der Waals surface area contributed by atoms with E-state index in [4.69, 9.17) is 0 Å². The first-order valence-corrected chi connectivity index (χ1v) is 3.01. The summed E-state index contributed by atoms with van der Waals surface area (Å²) in [4.78, 5) is 6.28. The molecule has 1 unspecified atom stereocenters. The maximum absolute atomic E-state index is 12.2. The molecule has 1 rings (SSSR count). The molecule has 0 N–H and O–H groups in total. The van der Waals surface area contributed by atoms with Crippen LogP contribution in [0.4, 0.5) is 30.7 Å². The molecule has 0 aromatic rings.